The van der Waals surface area contributed by atoms with Gasteiger partial charge in [-0.2, -0.15) is 4.31 Å². The standard InChI is InChI=1S/C12H23NO5S/c1-10(8-18-11-5-3-4-6-11)9-19(16,17)13(2)7-12(14)15/h10-11H,3-9H2,1-2H3,(H,14,15). The fourth-order valence-corrected chi connectivity index (χ4v) is 3.56. The molecule has 0 bridgehead atoms. The van der Waals surface area contributed by atoms with Crippen LogP contribution in [0.15, 0.2) is 0 Å². The molecule has 0 spiro atoms. The first-order chi connectivity index (χ1) is 8.81. The third-order valence-electron chi connectivity index (χ3n) is 3.25. The van der Waals surface area contributed by atoms with Gasteiger partial charge in [0, 0.05) is 7.05 Å². The number of carboxylic acid groups (broad SMARTS) is 1. The summed E-state index contributed by atoms with van der Waals surface area (Å²) in [6.45, 7) is 1.71. The molecule has 1 aliphatic rings. The molecule has 0 heterocycles. The molecule has 0 aliphatic heterocycles. The maximum Gasteiger partial charge on any atom is 0.318 e. The van der Waals surface area contributed by atoms with Gasteiger partial charge in [0.15, 0.2) is 0 Å². The van der Waals surface area contributed by atoms with Crippen LogP contribution in [0.1, 0.15) is 32.6 Å². The van der Waals surface area contributed by atoms with Gasteiger partial charge in [-0.1, -0.05) is 19.8 Å². The van der Waals surface area contributed by atoms with Crippen LogP contribution in [0, 0.1) is 5.92 Å². The van der Waals surface area contributed by atoms with Gasteiger partial charge < -0.3 is 9.84 Å². The van der Waals surface area contributed by atoms with Gasteiger partial charge in [0.05, 0.1) is 18.5 Å². The largest absolute Gasteiger partial charge is 0.480 e. The maximum atomic E-state index is 11.9. The Bertz CT molecular complexity index is 389. The molecule has 7 heteroatoms. The number of nitrogens with zero attached hydrogens (tertiary/aromatic N) is 1. The fraction of sp³-hybridized carbons (Fsp3) is 0.917. The van der Waals surface area contributed by atoms with Gasteiger partial charge in [-0.3, -0.25) is 4.79 Å². The van der Waals surface area contributed by atoms with Gasteiger partial charge >= 0.3 is 5.97 Å². The molecule has 0 aromatic carbocycles. The molecule has 1 aliphatic carbocycles. The fourth-order valence-electron chi connectivity index (χ4n) is 2.18. The SMILES string of the molecule is CC(COC1CCCC1)CS(=O)(=O)N(C)CC(=O)O. The van der Waals surface area contributed by atoms with E-state index in [2.05, 4.69) is 0 Å². The number of rotatable bonds is 8. The van der Waals surface area contributed by atoms with Crippen LogP contribution in [0.5, 0.6) is 0 Å². The lowest BCUT2D eigenvalue weighted by atomic mass is 10.2. The number of carbonyl (C=O) groups is 1. The van der Waals surface area contributed by atoms with E-state index in [1.165, 1.54) is 19.9 Å². The molecular formula is C12H23NO5S. The number of hydrogen-bond acceptors (Lipinski definition) is 4. The molecule has 1 unspecified atom stereocenters. The summed E-state index contributed by atoms with van der Waals surface area (Å²) < 4.78 is 30.3. The quantitative estimate of drug-likeness (QED) is 0.719. The molecule has 6 nitrogen and oxygen atoms in total. The summed E-state index contributed by atoms with van der Waals surface area (Å²) in [5, 5.41) is 8.60. The minimum atomic E-state index is -3.53. The molecule has 1 rings (SSSR count). The summed E-state index contributed by atoms with van der Waals surface area (Å²) in [6, 6.07) is 0. The summed E-state index contributed by atoms with van der Waals surface area (Å²) in [5.74, 6) is -1.37. The molecule has 1 saturated carbocycles. The molecule has 1 fully saturated rings. The Kier molecular flexibility index (Phi) is 6.22. The second-order valence-corrected chi connectivity index (χ2v) is 7.39. The molecule has 0 radical (unpaired) electrons. The lowest BCUT2D eigenvalue weighted by Gasteiger charge is -2.20. The van der Waals surface area contributed by atoms with Gasteiger partial charge in [-0.25, -0.2) is 8.42 Å². The van der Waals surface area contributed by atoms with Crippen molar-refractivity contribution >= 4 is 16.0 Å². The number of sulfonamides is 1. The first-order valence-electron chi connectivity index (χ1n) is 6.58. The van der Waals surface area contributed by atoms with Gasteiger partial charge in [0.25, 0.3) is 0 Å². The zero-order valence-corrected chi connectivity index (χ0v) is 12.4. The predicted molar refractivity (Wildman–Crippen MR) is 71.4 cm³/mol. The zero-order valence-electron chi connectivity index (χ0n) is 11.5. The molecule has 0 amide bonds. The van der Waals surface area contributed by atoms with Crippen LogP contribution >= 0.6 is 0 Å². The van der Waals surface area contributed by atoms with E-state index in [9.17, 15) is 13.2 Å². The monoisotopic (exact) mass is 293 g/mol. The van der Waals surface area contributed by atoms with E-state index in [0.29, 0.717) is 6.61 Å². The van der Waals surface area contributed by atoms with Crippen LogP contribution in [0.2, 0.25) is 0 Å². The van der Waals surface area contributed by atoms with Gasteiger partial charge in [-0.15, -0.1) is 0 Å². The molecule has 0 saturated heterocycles. The lowest BCUT2D eigenvalue weighted by Crippen LogP contribution is -2.36. The highest BCUT2D eigenvalue weighted by Gasteiger charge is 2.24. The second kappa shape index (κ2) is 7.21. The Morgan fingerprint density at radius 2 is 2.00 bits per heavy atom. The Balaban J connectivity index is 2.36. The molecular weight excluding hydrogens is 270 g/mol. The zero-order chi connectivity index (χ0) is 14.5. The maximum absolute atomic E-state index is 11.9. The summed E-state index contributed by atoms with van der Waals surface area (Å²) in [5.41, 5.74) is 0. The van der Waals surface area contributed by atoms with E-state index in [4.69, 9.17) is 9.84 Å². The Morgan fingerprint density at radius 1 is 1.42 bits per heavy atom. The van der Waals surface area contributed by atoms with E-state index in [-0.39, 0.29) is 17.8 Å². The van der Waals surface area contributed by atoms with Gasteiger partial charge in [0.2, 0.25) is 10.0 Å². The van der Waals surface area contributed by atoms with Crippen molar-refractivity contribution in [2.45, 2.75) is 38.7 Å². The van der Waals surface area contributed by atoms with Gasteiger partial charge in [-0.05, 0) is 18.8 Å². The number of carboxylic acids is 1. The molecule has 112 valence electrons. The third-order valence-corrected chi connectivity index (χ3v) is 5.32. The van der Waals surface area contributed by atoms with Crippen molar-refractivity contribution in [2.75, 3.05) is 26.0 Å². The number of hydrogen-bond donors (Lipinski definition) is 1. The van der Waals surface area contributed by atoms with E-state index in [1.807, 2.05) is 0 Å². The molecule has 19 heavy (non-hydrogen) atoms. The van der Waals surface area contributed by atoms with Crippen LogP contribution in [-0.2, 0) is 19.6 Å². The minimum absolute atomic E-state index is 0.0799. The Hall–Kier alpha value is -0.660. The van der Waals surface area contributed by atoms with E-state index in [1.54, 1.807) is 6.92 Å². The average molecular weight is 293 g/mol. The average Bonchev–Trinajstić information content (AvgIpc) is 2.77. The summed E-state index contributed by atoms with van der Waals surface area (Å²) in [4.78, 5) is 10.5. The minimum Gasteiger partial charge on any atom is -0.480 e. The van der Waals surface area contributed by atoms with Crippen LogP contribution < -0.4 is 0 Å². The third kappa shape index (κ3) is 5.88. The first-order valence-corrected chi connectivity index (χ1v) is 8.19. The van der Waals surface area contributed by atoms with Crippen molar-refractivity contribution in [2.24, 2.45) is 5.92 Å². The Morgan fingerprint density at radius 3 is 2.53 bits per heavy atom. The number of aliphatic carboxylic acids is 1. The van der Waals surface area contributed by atoms with Crippen molar-refractivity contribution in [3.8, 4) is 0 Å². The number of likely N-dealkylation sites (N-methyl/N-ethyl adjacent to an activating group) is 1. The van der Waals surface area contributed by atoms with Crippen molar-refractivity contribution < 1.29 is 23.1 Å². The highest BCUT2D eigenvalue weighted by Crippen LogP contribution is 2.21. The first kappa shape index (κ1) is 16.4. The van der Waals surface area contributed by atoms with Crippen LogP contribution in [-0.4, -0.2) is 55.9 Å². The predicted octanol–water partition coefficient (Wildman–Crippen LogP) is 0.928. The topological polar surface area (TPSA) is 83.9 Å². The van der Waals surface area contributed by atoms with Crippen molar-refractivity contribution in [3.05, 3.63) is 0 Å². The van der Waals surface area contributed by atoms with Crippen molar-refractivity contribution in [1.29, 1.82) is 0 Å². The van der Waals surface area contributed by atoms with Crippen LogP contribution in [0.3, 0.4) is 0 Å². The van der Waals surface area contributed by atoms with Crippen LogP contribution in [0.4, 0.5) is 0 Å². The molecule has 1 N–H and O–H groups in total. The normalized spacial score (nSPS) is 18.9. The smallest absolute Gasteiger partial charge is 0.318 e. The van der Waals surface area contributed by atoms with Gasteiger partial charge in [0.1, 0.15) is 6.54 Å². The second-order valence-electron chi connectivity index (χ2n) is 5.27. The van der Waals surface area contributed by atoms with E-state index in [0.717, 1.165) is 17.1 Å². The molecule has 0 aromatic heterocycles. The molecule has 0 aromatic rings. The van der Waals surface area contributed by atoms with Crippen LogP contribution in [0.25, 0.3) is 0 Å². The highest BCUT2D eigenvalue weighted by atomic mass is 32.2. The summed E-state index contributed by atoms with van der Waals surface area (Å²) >= 11 is 0. The van der Waals surface area contributed by atoms with E-state index < -0.39 is 22.5 Å². The summed E-state index contributed by atoms with van der Waals surface area (Å²) in [6.07, 6.45) is 4.73. The Labute approximate surface area is 114 Å². The highest BCUT2D eigenvalue weighted by molar-refractivity contribution is 7.89. The number of ether oxygens (including phenoxy) is 1. The summed E-state index contributed by atoms with van der Waals surface area (Å²) in [7, 11) is -2.24. The van der Waals surface area contributed by atoms with Crippen molar-refractivity contribution in [1.82, 2.24) is 4.31 Å². The van der Waals surface area contributed by atoms with Crippen molar-refractivity contribution in [3.63, 3.8) is 0 Å². The van der Waals surface area contributed by atoms with E-state index >= 15 is 0 Å². The molecule has 1 atom stereocenters. The lowest BCUT2D eigenvalue weighted by molar-refractivity contribution is -0.137.